The lowest BCUT2D eigenvalue weighted by Gasteiger charge is -2.17. The van der Waals surface area contributed by atoms with Crippen molar-refractivity contribution >= 4 is 11.7 Å². The van der Waals surface area contributed by atoms with Gasteiger partial charge in [0.2, 0.25) is 0 Å². The van der Waals surface area contributed by atoms with E-state index in [4.69, 9.17) is 0 Å². The standard InChI is InChI=1S/C19H20N4O/c1-22-13-12-20-18(22)14-23(2)19(24)21-17-10-8-16(9-11-17)15-6-4-3-5-7-15/h3-13H,14H2,1-2H3,(H,21,24). The summed E-state index contributed by atoms with van der Waals surface area (Å²) in [6.45, 7) is 0.456. The fraction of sp³-hybridized carbons (Fsp3) is 0.158. The highest BCUT2D eigenvalue weighted by molar-refractivity contribution is 5.89. The number of aryl methyl sites for hydroxylation is 1. The Bertz CT molecular complexity index is 809. The molecule has 0 unspecified atom stereocenters. The molecule has 2 aromatic carbocycles. The zero-order valence-corrected chi connectivity index (χ0v) is 13.8. The van der Waals surface area contributed by atoms with Crippen LogP contribution in [0.2, 0.25) is 0 Å². The molecule has 0 aliphatic carbocycles. The van der Waals surface area contributed by atoms with Crippen molar-refractivity contribution < 1.29 is 4.79 Å². The molecule has 3 aromatic rings. The number of hydrogen-bond acceptors (Lipinski definition) is 2. The van der Waals surface area contributed by atoms with E-state index in [0.29, 0.717) is 6.54 Å². The second-order valence-corrected chi connectivity index (χ2v) is 5.68. The summed E-state index contributed by atoms with van der Waals surface area (Å²) in [6, 6.07) is 17.8. The third-order valence-corrected chi connectivity index (χ3v) is 3.89. The average Bonchev–Trinajstić information content (AvgIpc) is 3.01. The summed E-state index contributed by atoms with van der Waals surface area (Å²) in [5, 5.41) is 2.90. The van der Waals surface area contributed by atoms with Gasteiger partial charge in [-0.1, -0.05) is 42.5 Å². The summed E-state index contributed by atoms with van der Waals surface area (Å²) >= 11 is 0. The Labute approximate surface area is 141 Å². The van der Waals surface area contributed by atoms with Crippen molar-refractivity contribution in [1.29, 1.82) is 0 Å². The number of nitrogens with zero attached hydrogens (tertiary/aromatic N) is 3. The van der Waals surface area contributed by atoms with E-state index in [-0.39, 0.29) is 6.03 Å². The van der Waals surface area contributed by atoms with E-state index in [9.17, 15) is 4.79 Å². The predicted molar refractivity (Wildman–Crippen MR) is 95.6 cm³/mol. The van der Waals surface area contributed by atoms with Crippen LogP contribution in [-0.2, 0) is 13.6 Å². The van der Waals surface area contributed by atoms with Gasteiger partial charge in [-0.3, -0.25) is 0 Å². The van der Waals surface area contributed by atoms with Crippen LogP contribution < -0.4 is 5.32 Å². The number of imidazole rings is 1. The molecule has 0 fully saturated rings. The molecular formula is C19H20N4O. The fourth-order valence-electron chi connectivity index (χ4n) is 2.43. The van der Waals surface area contributed by atoms with E-state index in [0.717, 1.165) is 22.6 Å². The minimum atomic E-state index is -0.162. The first-order valence-corrected chi connectivity index (χ1v) is 7.77. The van der Waals surface area contributed by atoms with Crippen LogP contribution in [0.1, 0.15) is 5.82 Å². The smallest absolute Gasteiger partial charge is 0.321 e. The van der Waals surface area contributed by atoms with E-state index < -0.39 is 0 Å². The van der Waals surface area contributed by atoms with E-state index in [1.807, 2.05) is 60.3 Å². The summed E-state index contributed by atoms with van der Waals surface area (Å²) in [5.41, 5.74) is 3.05. The Kier molecular flexibility index (Phi) is 4.61. The molecule has 0 spiro atoms. The lowest BCUT2D eigenvalue weighted by molar-refractivity contribution is 0.219. The molecule has 1 heterocycles. The normalized spacial score (nSPS) is 10.4. The average molecular weight is 320 g/mol. The van der Waals surface area contributed by atoms with Crippen LogP contribution >= 0.6 is 0 Å². The van der Waals surface area contributed by atoms with Crippen LogP contribution in [0.3, 0.4) is 0 Å². The molecule has 0 saturated heterocycles. The summed E-state index contributed by atoms with van der Waals surface area (Å²) in [7, 11) is 3.67. The maximum atomic E-state index is 12.3. The minimum absolute atomic E-state index is 0.162. The second-order valence-electron chi connectivity index (χ2n) is 5.68. The molecule has 0 saturated carbocycles. The predicted octanol–water partition coefficient (Wildman–Crippen LogP) is 3.75. The highest BCUT2D eigenvalue weighted by Crippen LogP contribution is 2.21. The highest BCUT2D eigenvalue weighted by atomic mass is 16.2. The molecule has 122 valence electrons. The Morgan fingerprint density at radius 1 is 1.08 bits per heavy atom. The van der Waals surface area contributed by atoms with Gasteiger partial charge in [0.1, 0.15) is 5.82 Å². The van der Waals surface area contributed by atoms with Gasteiger partial charge >= 0.3 is 6.03 Å². The van der Waals surface area contributed by atoms with Crippen LogP contribution in [0.15, 0.2) is 67.0 Å². The Balaban J connectivity index is 1.63. The molecule has 0 atom stereocenters. The molecule has 2 amide bonds. The Hall–Kier alpha value is -3.08. The van der Waals surface area contributed by atoms with Gasteiger partial charge < -0.3 is 14.8 Å². The van der Waals surface area contributed by atoms with E-state index in [1.54, 1.807) is 18.1 Å². The number of carbonyl (C=O) groups excluding carboxylic acids is 1. The van der Waals surface area contributed by atoms with Gasteiger partial charge in [0.05, 0.1) is 6.54 Å². The topological polar surface area (TPSA) is 50.2 Å². The first kappa shape index (κ1) is 15.8. The zero-order valence-electron chi connectivity index (χ0n) is 13.8. The quantitative estimate of drug-likeness (QED) is 0.796. The van der Waals surface area contributed by atoms with E-state index in [2.05, 4.69) is 22.4 Å². The second kappa shape index (κ2) is 7.00. The lowest BCUT2D eigenvalue weighted by Crippen LogP contribution is -2.31. The van der Waals surface area contributed by atoms with Crippen LogP contribution in [-0.4, -0.2) is 27.5 Å². The van der Waals surface area contributed by atoms with Crippen molar-refractivity contribution in [2.75, 3.05) is 12.4 Å². The monoisotopic (exact) mass is 320 g/mol. The van der Waals surface area contributed by atoms with Crippen molar-refractivity contribution in [2.45, 2.75) is 6.54 Å². The molecule has 0 radical (unpaired) electrons. The number of nitrogens with one attached hydrogen (secondary N) is 1. The number of rotatable bonds is 4. The van der Waals surface area contributed by atoms with Gasteiger partial charge in [-0.05, 0) is 23.3 Å². The van der Waals surface area contributed by atoms with Crippen molar-refractivity contribution in [2.24, 2.45) is 7.05 Å². The highest BCUT2D eigenvalue weighted by Gasteiger charge is 2.11. The van der Waals surface area contributed by atoms with E-state index in [1.165, 1.54) is 0 Å². The van der Waals surface area contributed by atoms with Crippen LogP contribution in [0, 0.1) is 0 Å². The number of hydrogen-bond donors (Lipinski definition) is 1. The number of aromatic nitrogens is 2. The summed E-state index contributed by atoms with van der Waals surface area (Å²) in [4.78, 5) is 18.1. The SMILES string of the molecule is CN(Cc1nccn1C)C(=O)Nc1ccc(-c2ccccc2)cc1. The number of amides is 2. The van der Waals surface area contributed by atoms with Crippen LogP contribution in [0.5, 0.6) is 0 Å². The molecule has 0 aliphatic rings. The molecule has 3 rings (SSSR count). The molecule has 0 bridgehead atoms. The van der Waals surface area contributed by atoms with Crippen LogP contribution in [0.25, 0.3) is 11.1 Å². The van der Waals surface area contributed by atoms with Gasteiger partial charge in [0.25, 0.3) is 0 Å². The first-order chi connectivity index (χ1) is 11.6. The minimum Gasteiger partial charge on any atom is -0.337 e. The first-order valence-electron chi connectivity index (χ1n) is 7.77. The van der Waals surface area contributed by atoms with Crippen molar-refractivity contribution in [3.63, 3.8) is 0 Å². The van der Waals surface area contributed by atoms with Gasteiger partial charge in [-0.2, -0.15) is 0 Å². The summed E-state index contributed by atoms with van der Waals surface area (Å²) in [6.07, 6.45) is 3.59. The van der Waals surface area contributed by atoms with E-state index >= 15 is 0 Å². The van der Waals surface area contributed by atoms with Crippen molar-refractivity contribution in [3.8, 4) is 11.1 Å². The van der Waals surface area contributed by atoms with Gasteiger partial charge in [0, 0.05) is 32.2 Å². The Morgan fingerprint density at radius 2 is 1.75 bits per heavy atom. The third-order valence-electron chi connectivity index (χ3n) is 3.89. The van der Waals surface area contributed by atoms with Gasteiger partial charge in [-0.25, -0.2) is 9.78 Å². The third kappa shape index (κ3) is 3.63. The van der Waals surface area contributed by atoms with Crippen molar-refractivity contribution in [1.82, 2.24) is 14.5 Å². The maximum absolute atomic E-state index is 12.3. The van der Waals surface area contributed by atoms with Crippen molar-refractivity contribution in [3.05, 3.63) is 72.8 Å². The largest absolute Gasteiger partial charge is 0.337 e. The summed E-state index contributed by atoms with van der Waals surface area (Å²) in [5.74, 6) is 0.840. The number of carbonyl (C=O) groups is 1. The lowest BCUT2D eigenvalue weighted by atomic mass is 10.1. The maximum Gasteiger partial charge on any atom is 0.321 e. The fourth-order valence-corrected chi connectivity index (χ4v) is 2.43. The molecule has 5 heteroatoms. The van der Waals surface area contributed by atoms with Gasteiger partial charge in [-0.15, -0.1) is 0 Å². The van der Waals surface area contributed by atoms with Crippen LogP contribution in [0.4, 0.5) is 10.5 Å². The molecular weight excluding hydrogens is 300 g/mol. The summed E-state index contributed by atoms with van der Waals surface area (Å²) < 4.78 is 1.90. The zero-order chi connectivity index (χ0) is 16.9. The van der Waals surface area contributed by atoms with Gasteiger partial charge in [0.15, 0.2) is 0 Å². The number of benzene rings is 2. The molecule has 1 N–H and O–H groups in total. The number of urea groups is 1. The molecule has 0 aliphatic heterocycles. The molecule has 24 heavy (non-hydrogen) atoms. The molecule has 5 nitrogen and oxygen atoms in total. The Morgan fingerprint density at radius 3 is 2.38 bits per heavy atom. The molecule has 1 aromatic heterocycles. The number of anilines is 1.